The minimum Gasteiger partial charge on any atom is -0.543 e. The first-order valence-electron chi connectivity index (χ1n) is 13.8. The van der Waals surface area contributed by atoms with E-state index in [-0.39, 0.29) is 16.2 Å². The zero-order chi connectivity index (χ0) is 27.0. The van der Waals surface area contributed by atoms with Gasteiger partial charge in [0.15, 0.2) is 0 Å². The molecule has 37 heavy (non-hydrogen) atoms. The molecule has 200 valence electrons. The topological polar surface area (TPSA) is 36.9 Å². The Morgan fingerprint density at radius 1 is 0.730 bits per heavy atom. The molecule has 1 fully saturated rings. The van der Waals surface area contributed by atoms with Crippen molar-refractivity contribution < 1.29 is 18.3 Å². The lowest BCUT2D eigenvalue weighted by Crippen LogP contribution is -2.43. The second-order valence-electron chi connectivity index (χ2n) is 14.1. The SMILES string of the molecule is CC(C)(C)[Si](C)(C)Oc1ccc2c(c1)OC(C1CC1)C1=C2COc2cc(O[Si](C)(C)C(C)(C)C)ccc21. The molecule has 5 rings (SSSR count). The lowest BCUT2D eigenvalue weighted by molar-refractivity contribution is 0.225. The Bertz CT molecular complexity index is 1240. The number of rotatable bonds is 5. The van der Waals surface area contributed by atoms with Gasteiger partial charge >= 0.3 is 0 Å². The molecule has 0 spiro atoms. The number of hydrogen-bond acceptors (Lipinski definition) is 4. The first-order chi connectivity index (χ1) is 17.1. The van der Waals surface area contributed by atoms with E-state index < -0.39 is 16.6 Å². The molecule has 2 aromatic carbocycles. The van der Waals surface area contributed by atoms with E-state index in [0.717, 1.165) is 34.1 Å². The molecule has 1 unspecified atom stereocenters. The van der Waals surface area contributed by atoms with Crippen LogP contribution in [-0.4, -0.2) is 29.3 Å². The molecule has 1 aliphatic carbocycles. The molecule has 4 nitrogen and oxygen atoms in total. The van der Waals surface area contributed by atoms with E-state index in [4.69, 9.17) is 18.3 Å². The van der Waals surface area contributed by atoms with E-state index >= 15 is 0 Å². The zero-order valence-corrected chi connectivity index (χ0v) is 26.4. The number of ether oxygens (including phenoxy) is 2. The lowest BCUT2D eigenvalue weighted by atomic mass is 9.85. The summed E-state index contributed by atoms with van der Waals surface area (Å²) >= 11 is 0. The highest BCUT2D eigenvalue weighted by atomic mass is 28.4. The number of hydrogen-bond donors (Lipinski definition) is 0. The first kappa shape index (κ1) is 26.4. The fourth-order valence-electron chi connectivity index (χ4n) is 4.58. The summed E-state index contributed by atoms with van der Waals surface area (Å²) in [4.78, 5) is 0. The van der Waals surface area contributed by atoms with Crippen LogP contribution in [0.4, 0.5) is 0 Å². The van der Waals surface area contributed by atoms with Gasteiger partial charge in [-0.3, -0.25) is 0 Å². The fourth-order valence-corrected chi connectivity index (χ4v) is 6.63. The van der Waals surface area contributed by atoms with Crippen LogP contribution < -0.4 is 18.3 Å². The van der Waals surface area contributed by atoms with Gasteiger partial charge in [-0.1, -0.05) is 41.5 Å². The second kappa shape index (κ2) is 8.67. The van der Waals surface area contributed by atoms with Crippen LogP contribution in [0.25, 0.3) is 11.1 Å². The normalized spacial score (nSPS) is 19.8. The van der Waals surface area contributed by atoms with E-state index in [2.05, 4.69) is 104 Å². The molecule has 2 heterocycles. The standard InChI is InChI=1S/C31H44O4Si2/c1-30(2,3)36(7,8)34-21-14-16-24-26(17-21)32-19-25-23-15-13-22(35-37(9,10)31(4,5)6)18-27(23)33-29(28(24)25)20-11-12-20/h13-18,20,29H,11-12,19H2,1-10H3. The smallest absolute Gasteiger partial charge is 0.250 e. The largest absolute Gasteiger partial charge is 0.543 e. The summed E-state index contributed by atoms with van der Waals surface area (Å²) in [6.07, 6.45) is 2.47. The molecule has 2 aliphatic heterocycles. The summed E-state index contributed by atoms with van der Waals surface area (Å²) in [7, 11) is -3.87. The van der Waals surface area contributed by atoms with E-state index in [1.807, 2.05) is 0 Å². The minimum atomic E-state index is -1.94. The molecule has 2 aromatic rings. The van der Waals surface area contributed by atoms with Crippen molar-refractivity contribution >= 4 is 27.8 Å². The Kier molecular flexibility index (Phi) is 6.19. The number of benzene rings is 2. The van der Waals surface area contributed by atoms with Gasteiger partial charge in [0.1, 0.15) is 35.7 Å². The van der Waals surface area contributed by atoms with Crippen LogP contribution in [0.3, 0.4) is 0 Å². The summed E-state index contributed by atoms with van der Waals surface area (Å²) < 4.78 is 26.4. The molecule has 0 N–H and O–H groups in total. The molecule has 0 bridgehead atoms. The van der Waals surface area contributed by atoms with Crippen molar-refractivity contribution in [2.75, 3.05) is 6.61 Å². The molecule has 0 aromatic heterocycles. The van der Waals surface area contributed by atoms with Gasteiger partial charge in [0.05, 0.1) is 0 Å². The Hall–Kier alpha value is -2.19. The van der Waals surface area contributed by atoms with Crippen LogP contribution in [0.5, 0.6) is 23.0 Å². The van der Waals surface area contributed by atoms with E-state index in [0.29, 0.717) is 12.5 Å². The van der Waals surface area contributed by atoms with Crippen molar-refractivity contribution in [1.82, 2.24) is 0 Å². The second-order valence-corrected chi connectivity index (χ2v) is 23.5. The highest BCUT2D eigenvalue weighted by molar-refractivity contribution is 6.75. The Morgan fingerprint density at radius 3 is 1.76 bits per heavy atom. The van der Waals surface area contributed by atoms with Crippen LogP contribution >= 0.6 is 0 Å². The van der Waals surface area contributed by atoms with E-state index in [1.54, 1.807) is 0 Å². The highest BCUT2D eigenvalue weighted by Crippen LogP contribution is 2.53. The third-order valence-electron chi connectivity index (χ3n) is 9.17. The molecular formula is C31H44O4Si2. The Balaban J connectivity index is 1.51. The quantitative estimate of drug-likeness (QED) is 0.357. The van der Waals surface area contributed by atoms with Gasteiger partial charge in [-0.15, -0.1) is 0 Å². The van der Waals surface area contributed by atoms with Gasteiger partial charge in [0.2, 0.25) is 16.6 Å². The van der Waals surface area contributed by atoms with Crippen molar-refractivity contribution in [3.63, 3.8) is 0 Å². The van der Waals surface area contributed by atoms with Crippen LogP contribution in [0.15, 0.2) is 36.4 Å². The van der Waals surface area contributed by atoms with E-state index in [9.17, 15) is 0 Å². The monoisotopic (exact) mass is 536 g/mol. The Labute approximate surface area is 225 Å². The summed E-state index contributed by atoms with van der Waals surface area (Å²) in [5.74, 6) is 4.20. The van der Waals surface area contributed by atoms with Crippen molar-refractivity contribution in [3.05, 3.63) is 47.5 Å². The van der Waals surface area contributed by atoms with E-state index in [1.165, 1.54) is 24.0 Å². The fraction of sp³-hybridized carbons (Fsp3) is 0.548. The predicted octanol–water partition coefficient (Wildman–Crippen LogP) is 8.93. The molecule has 0 amide bonds. The predicted molar refractivity (Wildman–Crippen MR) is 158 cm³/mol. The van der Waals surface area contributed by atoms with Crippen LogP contribution in [0.2, 0.25) is 36.3 Å². The van der Waals surface area contributed by atoms with Gasteiger partial charge in [0, 0.05) is 40.3 Å². The highest BCUT2D eigenvalue weighted by Gasteiger charge is 2.44. The molecule has 6 heteroatoms. The molecule has 3 aliphatic rings. The van der Waals surface area contributed by atoms with Crippen molar-refractivity contribution in [2.45, 2.75) is 96.8 Å². The number of fused-ring (bicyclic) bond motifs is 4. The molecule has 1 saturated carbocycles. The third kappa shape index (κ3) is 4.87. The maximum atomic E-state index is 6.78. The summed E-state index contributed by atoms with van der Waals surface area (Å²) in [6.45, 7) is 23.3. The van der Waals surface area contributed by atoms with Gasteiger partial charge in [-0.2, -0.15) is 0 Å². The lowest BCUT2D eigenvalue weighted by Gasteiger charge is -2.38. The van der Waals surface area contributed by atoms with Crippen LogP contribution in [0.1, 0.15) is 65.5 Å². The molecule has 1 atom stereocenters. The van der Waals surface area contributed by atoms with Crippen molar-refractivity contribution in [3.8, 4) is 23.0 Å². The summed E-state index contributed by atoms with van der Waals surface area (Å²) in [5, 5.41) is 0.286. The molecule has 0 radical (unpaired) electrons. The molecular weight excluding hydrogens is 493 g/mol. The average Bonchev–Trinajstić information content (AvgIpc) is 3.61. The molecule has 0 saturated heterocycles. The zero-order valence-electron chi connectivity index (χ0n) is 24.4. The maximum Gasteiger partial charge on any atom is 0.250 e. The minimum absolute atomic E-state index is 0.0560. The van der Waals surface area contributed by atoms with Gasteiger partial charge in [-0.25, -0.2) is 0 Å². The van der Waals surface area contributed by atoms with Gasteiger partial charge < -0.3 is 18.3 Å². The van der Waals surface area contributed by atoms with Crippen molar-refractivity contribution in [2.24, 2.45) is 5.92 Å². The first-order valence-corrected chi connectivity index (χ1v) is 19.6. The average molecular weight is 537 g/mol. The summed E-state index contributed by atoms with van der Waals surface area (Å²) in [6, 6.07) is 12.8. The Morgan fingerprint density at radius 2 is 1.24 bits per heavy atom. The van der Waals surface area contributed by atoms with Crippen molar-refractivity contribution in [1.29, 1.82) is 0 Å². The third-order valence-corrected chi connectivity index (χ3v) is 17.9. The van der Waals surface area contributed by atoms with Crippen LogP contribution in [0, 0.1) is 5.92 Å². The van der Waals surface area contributed by atoms with Gasteiger partial charge in [-0.05, 0) is 73.4 Å². The summed E-state index contributed by atoms with van der Waals surface area (Å²) in [5.41, 5.74) is 4.82. The van der Waals surface area contributed by atoms with Gasteiger partial charge in [0.25, 0.3) is 0 Å². The maximum absolute atomic E-state index is 6.78. The van der Waals surface area contributed by atoms with Crippen LogP contribution in [-0.2, 0) is 0 Å².